The van der Waals surface area contributed by atoms with Crippen molar-refractivity contribution in [2.24, 2.45) is 0 Å². The van der Waals surface area contributed by atoms with Gasteiger partial charge in [0.2, 0.25) is 11.8 Å². The fraction of sp³-hybridized carbons (Fsp3) is 0.286. The number of ether oxygens (including phenoxy) is 1. The van der Waals surface area contributed by atoms with Gasteiger partial charge in [-0.25, -0.2) is 9.07 Å². The standard InChI is InChI=1S/C28H27ClFN5O3/c29-22-11-3-1-8-19(22)17-34(26(36)18-35-25-14-6-5-13-24(25)32-33-35)27(21-10-2-4-12-23(21)30)28(37)31-16-20-9-7-15-38-20/h1-6,8,10-14,20,27H,7,9,15-18H2,(H,31,37). The quantitative estimate of drug-likeness (QED) is 0.345. The van der Waals surface area contributed by atoms with Crippen molar-refractivity contribution in [1.29, 1.82) is 0 Å². The topological polar surface area (TPSA) is 89.4 Å². The summed E-state index contributed by atoms with van der Waals surface area (Å²) in [4.78, 5) is 29.0. The van der Waals surface area contributed by atoms with E-state index in [4.69, 9.17) is 16.3 Å². The SMILES string of the molecule is O=C(NCC1CCCO1)C(c1ccccc1F)N(Cc1ccccc1Cl)C(=O)Cn1nnc2ccccc21. The van der Waals surface area contributed by atoms with Crippen LogP contribution in [0.5, 0.6) is 0 Å². The third kappa shape index (κ3) is 5.69. The summed E-state index contributed by atoms with van der Waals surface area (Å²) in [6.45, 7) is 0.693. The molecule has 196 valence electrons. The summed E-state index contributed by atoms with van der Waals surface area (Å²) in [7, 11) is 0. The fourth-order valence-corrected chi connectivity index (χ4v) is 4.85. The van der Waals surface area contributed by atoms with Crippen LogP contribution in [0.25, 0.3) is 11.0 Å². The number of carbonyl (C=O) groups excluding carboxylic acids is 2. The van der Waals surface area contributed by atoms with Crippen molar-refractivity contribution in [3.05, 3.63) is 94.8 Å². The zero-order valence-corrected chi connectivity index (χ0v) is 21.4. The Morgan fingerprint density at radius 2 is 1.87 bits per heavy atom. The first-order chi connectivity index (χ1) is 18.5. The van der Waals surface area contributed by atoms with Crippen LogP contribution in [0.15, 0.2) is 72.8 Å². The number of rotatable bonds is 9. The Kier molecular flexibility index (Phi) is 7.95. The summed E-state index contributed by atoms with van der Waals surface area (Å²) in [5.41, 5.74) is 2.02. The molecule has 0 saturated carbocycles. The van der Waals surface area contributed by atoms with E-state index >= 15 is 4.39 Å². The Morgan fingerprint density at radius 1 is 1.11 bits per heavy atom. The lowest BCUT2D eigenvalue weighted by atomic mass is 10.0. The molecular formula is C28H27ClFN5O3. The lowest BCUT2D eigenvalue weighted by Crippen LogP contribution is -2.46. The van der Waals surface area contributed by atoms with Crippen LogP contribution in [0.4, 0.5) is 4.39 Å². The van der Waals surface area contributed by atoms with Crippen molar-refractivity contribution in [3.8, 4) is 0 Å². The second-order valence-corrected chi connectivity index (χ2v) is 9.56. The number of halogens is 2. The Bertz CT molecular complexity index is 1440. The second kappa shape index (κ2) is 11.7. The first-order valence-electron chi connectivity index (χ1n) is 12.5. The highest BCUT2D eigenvalue weighted by Gasteiger charge is 2.34. The normalized spacial score (nSPS) is 15.9. The lowest BCUT2D eigenvalue weighted by molar-refractivity contribution is -0.142. The van der Waals surface area contributed by atoms with E-state index in [1.54, 1.807) is 42.5 Å². The third-order valence-electron chi connectivity index (χ3n) is 6.61. The van der Waals surface area contributed by atoms with Crippen molar-refractivity contribution >= 4 is 34.4 Å². The molecule has 0 radical (unpaired) electrons. The van der Waals surface area contributed by atoms with Gasteiger partial charge in [0.1, 0.15) is 23.9 Å². The smallest absolute Gasteiger partial charge is 0.247 e. The zero-order chi connectivity index (χ0) is 26.5. The van der Waals surface area contributed by atoms with E-state index in [1.807, 2.05) is 18.2 Å². The van der Waals surface area contributed by atoms with Crippen molar-refractivity contribution in [2.45, 2.75) is 38.1 Å². The molecule has 8 nitrogen and oxygen atoms in total. The van der Waals surface area contributed by atoms with Crippen molar-refractivity contribution in [1.82, 2.24) is 25.2 Å². The molecule has 0 spiro atoms. The van der Waals surface area contributed by atoms with Gasteiger partial charge in [-0.05, 0) is 42.7 Å². The Morgan fingerprint density at radius 3 is 2.66 bits per heavy atom. The molecule has 0 aliphatic carbocycles. The zero-order valence-electron chi connectivity index (χ0n) is 20.6. The molecule has 1 aromatic heterocycles. The van der Waals surface area contributed by atoms with E-state index in [1.165, 1.54) is 21.7 Å². The van der Waals surface area contributed by atoms with Crippen LogP contribution in [0.2, 0.25) is 5.02 Å². The Hall–Kier alpha value is -3.82. The maximum Gasteiger partial charge on any atom is 0.247 e. The van der Waals surface area contributed by atoms with Gasteiger partial charge < -0.3 is 15.0 Å². The maximum atomic E-state index is 15.2. The molecule has 1 N–H and O–H groups in total. The van der Waals surface area contributed by atoms with Crippen LogP contribution in [0.3, 0.4) is 0 Å². The minimum atomic E-state index is -1.25. The molecule has 3 aromatic carbocycles. The van der Waals surface area contributed by atoms with E-state index in [9.17, 15) is 9.59 Å². The maximum absolute atomic E-state index is 15.2. The molecule has 1 fully saturated rings. The highest BCUT2D eigenvalue weighted by molar-refractivity contribution is 6.31. The largest absolute Gasteiger partial charge is 0.376 e. The van der Waals surface area contributed by atoms with Gasteiger partial charge in [0, 0.05) is 30.3 Å². The molecule has 5 rings (SSSR count). The van der Waals surface area contributed by atoms with Gasteiger partial charge in [-0.1, -0.05) is 65.3 Å². The first-order valence-corrected chi connectivity index (χ1v) is 12.8. The average Bonchev–Trinajstić information content (AvgIpc) is 3.59. The van der Waals surface area contributed by atoms with Gasteiger partial charge in [0.25, 0.3) is 0 Å². The van der Waals surface area contributed by atoms with Crippen LogP contribution >= 0.6 is 11.6 Å². The van der Waals surface area contributed by atoms with Gasteiger partial charge in [-0.15, -0.1) is 5.10 Å². The average molecular weight is 536 g/mol. The number of benzene rings is 3. The number of para-hydroxylation sites is 1. The minimum absolute atomic E-state index is 0.0164. The molecule has 2 amide bonds. The molecule has 1 aliphatic rings. The van der Waals surface area contributed by atoms with Crippen LogP contribution < -0.4 is 5.32 Å². The predicted molar refractivity (Wildman–Crippen MR) is 141 cm³/mol. The molecule has 38 heavy (non-hydrogen) atoms. The Labute approximate surface area is 224 Å². The minimum Gasteiger partial charge on any atom is -0.376 e. The summed E-state index contributed by atoms with van der Waals surface area (Å²) in [6, 6.07) is 19.1. The summed E-state index contributed by atoms with van der Waals surface area (Å²) < 4.78 is 22.3. The molecule has 10 heteroatoms. The van der Waals surface area contributed by atoms with E-state index < -0.39 is 23.7 Å². The van der Waals surface area contributed by atoms with Gasteiger partial charge in [0.15, 0.2) is 0 Å². The summed E-state index contributed by atoms with van der Waals surface area (Å²) >= 11 is 6.45. The molecule has 2 atom stereocenters. The van der Waals surface area contributed by atoms with Crippen molar-refractivity contribution in [2.75, 3.05) is 13.2 Å². The molecule has 2 heterocycles. The van der Waals surface area contributed by atoms with Crippen molar-refractivity contribution in [3.63, 3.8) is 0 Å². The van der Waals surface area contributed by atoms with Gasteiger partial charge >= 0.3 is 0 Å². The number of hydrogen-bond acceptors (Lipinski definition) is 5. The lowest BCUT2D eigenvalue weighted by Gasteiger charge is -2.32. The number of nitrogens with zero attached hydrogens (tertiary/aromatic N) is 4. The highest BCUT2D eigenvalue weighted by atomic mass is 35.5. The van der Waals surface area contributed by atoms with Crippen molar-refractivity contribution < 1.29 is 18.7 Å². The van der Waals surface area contributed by atoms with E-state index in [2.05, 4.69) is 15.6 Å². The second-order valence-electron chi connectivity index (χ2n) is 9.15. The van der Waals surface area contributed by atoms with Crippen LogP contribution in [0.1, 0.15) is 30.0 Å². The predicted octanol–water partition coefficient (Wildman–Crippen LogP) is 4.29. The number of nitrogens with one attached hydrogen (secondary N) is 1. The molecule has 1 aliphatic heterocycles. The number of hydrogen-bond donors (Lipinski definition) is 1. The van der Waals surface area contributed by atoms with E-state index in [0.29, 0.717) is 28.2 Å². The monoisotopic (exact) mass is 535 g/mol. The highest BCUT2D eigenvalue weighted by Crippen LogP contribution is 2.29. The number of carbonyl (C=O) groups is 2. The van der Waals surface area contributed by atoms with Gasteiger partial charge in [-0.3, -0.25) is 9.59 Å². The number of fused-ring (bicyclic) bond motifs is 1. The third-order valence-corrected chi connectivity index (χ3v) is 6.98. The fourth-order valence-electron chi connectivity index (χ4n) is 4.65. The van der Waals surface area contributed by atoms with Crippen LogP contribution in [-0.4, -0.2) is 51.0 Å². The molecule has 4 aromatic rings. The van der Waals surface area contributed by atoms with Gasteiger partial charge in [-0.2, -0.15) is 0 Å². The van der Waals surface area contributed by atoms with Crippen LogP contribution in [-0.2, 0) is 27.4 Å². The van der Waals surface area contributed by atoms with Crippen LogP contribution in [0, 0.1) is 5.82 Å². The van der Waals surface area contributed by atoms with Gasteiger partial charge in [0.05, 0.1) is 11.6 Å². The number of amides is 2. The Balaban J connectivity index is 1.52. The summed E-state index contributed by atoms with van der Waals surface area (Å²) in [6.07, 6.45) is 1.63. The molecule has 0 bridgehead atoms. The molecule has 1 saturated heterocycles. The first kappa shape index (κ1) is 25.8. The number of aromatic nitrogens is 3. The molecular weight excluding hydrogens is 509 g/mol. The molecule has 2 unspecified atom stereocenters. The van der Waals surface area contributed by atoms with E-state index in [-0.39, 0.29) is 31.3 Å². The summed E-state index contributed by atoms with van der Waals surface area (Å²) in [5.74, 6) is -1.54. The van der Waals surface area contributed by atoms with E-state index in [0.717, 1.165) is 12.8 Å². The summed E-state index contributed by atoms with van der Waals surface area (Å²) in [5, 5.41) is 11.6.